The Hall–Kier alpha value is -4.21. The Bertz CT molecular complexity index is 1250. The highest BCUT2D eigenvalue weighted by molar-refractivity contribution is 5.75. The first-order chi connectivity index (χ1) is 19.5. The number of fused-ring (bicyclic) bond motifs is 1. The first-order valence-corrected chi connectivity index (χ1v) is 12.3. The summed E-state index contributed by atoms with van der Waals surface area (Å²) in [5.74, 6) is -5.51. The van der Waals surface area contributed by atoms with Crippen molar-refractivity contribution in [3.63, 3.8) is 0 Å². The van der Waals surface area contributed by atoms with E-state index in [2.05, 4.69) is 52.1 Å². The van der Waals surface area contributed by atoms with E-state index in [1.807, 2.05) is 6.07 Å². The molecule has 0 saturated heterocycles. The summed E-state index contributed by atoms with van der Waals surface area (Å²) in [7, 11) is 1.43. The van der Waals surface area contributed by atoms with Gasteiger partial charge in [-0.3, -0.25) is 4.90 Å². The van der Waals surface area contributed by atoms with Crippen molar-refractivity contribution in [3.8, 4) is 0 Å². The number of carbonyl (C=O) groups excluding carboxylic acids is 1. The molecule has 3 heterocycles. The second-order valence-electron chi connectivity index (χ2n) is 9.11. The van der Waals surface area contributed by atoms with Crippen molar-refractivity contribution in [1.29, 1.82) is 0 Å². The predicted molar refractivity (Wildman–Crippen MR) is 135 cm³/mol. The lowest BCUT2D eigenvalue weighted by Crippen LogP contribution is -2.39. The predicted octanol–water partition coefficient (Wildman–Crippen LogP) is 4.55. The van der Waals surface area contributed by atoms with Crippen molar-refractivity contribution in [1.82, 2.24) is 19.8 Å². The maximum absolute atomic E-state index is 12.0. The van der Waals surface area contributed by atoms with Crippen LogP contribution in [0.4, 0.5) is 31.1 Å². The van der Waals surface area contributed by atoms with Gasteiger partial charge in [-0.25, -0.2) is 24.4 Å². The molecule has 1 aromatic heterocycles. The third-order valence-electron chi connectivity index (χ3n) is 6.11. The molecule has 2 aliphatic heterocycles. The van der Waals surface area contributed by atoms with Crippen LogP contribution in [0.1, 0.15) is 35.9 Å². The minimum atomic E-state index is -5.08. The second-order valence-corrected chi connectivity index (χ2v) is 9.11. The van der Waals surface area contributed by atoms with Gasteiger partial charge in [-0.15, -0.1) is 0 Å². The monoisotopic (exact) mass is 606 g/mol. The topological polar surface area (TPSA) is 133 Å². The maximum atomic E-state index is 12.0. The van der Waals surface area contributed by atoms with Gasteiger partial charge in [0, 0.05) is 37.7 Å². The van der Waals surface area contributed by atoms with E-state index < -0.39 is 24.3 Å². The van der Waals surface area contributed by atoms with Crippen LogP contribution < -0.4 is 0 Å². The van der Waals surface area contributed by atoms with Crippen molar-refractivity contribution >= 4 is 23.6 Å². The molecule has 4 rings (SSSR count). The number of benzene rings is 1. The Morgan fingerprint density at radius 3 is 2.07 bits per heavy atom. The van der Waals surface area contributed by atoms with E-state index in [9.17, 15) is 31.1 Å². The van der Waals surface area contributed by atoms with Gasteiger partial charge in [-0.2, -0.15) is 26.3 Å². The van der Waals surface area contributed by atoms with Crippen LogP contribution in [0.15, 0.2) is 42.7 Å². The number of carboxylic acids is 2. The number of alkyl halides is 6. The summed E-state index contributed by atoms with van der Waals surface area (Å²) in [6.07, 6.45) is -4.88. The minimum absolute atomic E-state index is 0.284. The molecule has 2 aromatic rings. The summed E-state index contributed by atoms with van der Waals surface area (Å²) < 4.78 is 68.4. The highest BCUT2D eigenvalue weighted by atomic mass is 19.4. The van der Waals surface area contributed by atoms with E-state index in [1.165, 1.54) is 18.2 Å². The first kappa shape index (κ1) is 34.0. The van der Waals surface area contributed by atoms with Gasteiger partial charge in [0.15, 0.2) is 0 Å². The van der Waals surface area contributed by atoms with Crippen LogP contribution in [0.5, 0.6) is 0 Å². The van der Waals surface area contributed by atoms with E-state index in [0.717, 1.165) is 42.9 Å². The standard InChI is InChI=1S/C22H26N4O2.2C2HF3O2/c1-16-11-20-19(14-26(16)12-17-7-4-3-5-8-17)21(24-15-23-20)18-9-6-10-25(13-18)22(27)28-2;2*3-2(4,5)1(6)7/h3-5,7-9,15-16H,6,10-14H2,1-2H3;2*(H,6,7)/t16-;;/m1../s1. The molecule has 0 spiro atoms. The summed E-state index contributed by atoms with van der Waals surface area (Å²) in [6, 6.07) is 11.0. The van der Waals surface area contributed by atoms with Gasteiger partial charge in [0.2, 0.25) is 0 Å². The van der Waals surface area contributed by atoms with Gasteiger partial charge in [-0.05, 0) is 24.5 Å². The van der Waals surface area contributed by atoms with Crippen LogP contribution in [0.25, 0.3) is 5.57 Å². The van der Waals surface area contributed by atoms with Crippen LogP contribution in [0.3, 0.4) is 0 Å². The lowest BCUT2D eigenvalue weighted by atomic mass is 9.93. The number of rotatable bonds is 3. The molecule has 0 fully saturated rings. The number of halogens is 6. The maximum Gasteiger partial charge on any atom is 0.490 e. The molecule has 0 unspecified atom stereocenters. The number of hydrogen-bond acceptors (Lipinski definition) is 7. The normalized spacial score (nSPS) is 16.9. The molecule has 10 nitrogen and oxygen atoms in total. The number of aromatic nitrogens is 2. The molecular weight excluding hydrogens is 578 g/mol. The fourth-order valence-corrected chi connectivity index (χ4v) is 4.07. The van der Waals surface area contributed by atoms with Gasteiger partial charge in [-0.1, -0.05) is 36.4 Å². The number of methoxy groups -OCH3 is 1. The summed E-state index contributed by atoms with van der Waals surface area (Å²) in [5.41, 5.74) is 5.69. The Morgan fingerprint density at radius 2 is 1.55 bits per heavy atom. The zero-order chi connectivity index (χ0) is 31.7. The number of carboxylic acid groups (broad SMARTS) is 2. The average molecular weight is 607 g/mol. The van der Waals surface area contributed by atoms with Gasteiger partial charge < -0.3 is 19.8 Å². The van der Waals surface area contributed by atoms with E-state index in [1.54, 1.807) is 11.2 Å². The van der Waals surface area contributed by atoms with Crippen LogP contribution in [0.2, 0.25) is 0 Å². The van der Waals surface area contributed by atoms with Gasteiger partial charge in [0.1, 0.15) is 6.33 Å². The number of carbonyl (C=O) groups is 3. The largest absolute Gasteiger partial charge is 0.490 e. The molecule has 0 bridgehead atoms. The second kappa shape index (κ2) is 14.6. The smallest absolute Gasteiger partial charge is 0.475 e. The molecule has 0 saturated carbocycles. The van der Waals surface area contributed by atoms with Crippen LogP contribution in [0, 0.1) is 0 Å². The van der Waals surface area contributed by atoms with E-state index in [-0.39, 0.29) is 6.09 Å². The highest BCUT2D eigenvalue weighted by Gasteiger charge is 2.39. The molecular formula is C26H28F6N4O6. The van der Waals surface area contributed by atoms with Crippen molar-refractivity contribution < 1.29 is 55.7 Å². The zero-order valence-electron chi connectivity index (χ0n) is 22.4. The lowest BCUT2D eigenvalue weighted by molar-refractivity contribution is -0.193. The lowest BCUT2D eigenvalue weighted by Gasteiger charge is -2.35. The molecule has 230 valence electrons. The number of ether oxygens (including phenoxy) is 1. The Kier molecular flexibility index (Phi) is 11.8. The number of aliphatic carboxylic acids is 2. The summed E-state index contributed by atoms with van der Waals surface area (Å²) in [4.78, 5) is 43.2. The molecule has 1 amide bonds. The van der Waals surface area contributed by atoms with E-state index >= 15 is 0 Å². The van der Waals surface area contributed by atoms with Crippen molar-refractivity contribution in [2.24, 2.45) is 0 Å². The van der Waals surface area contributed by atoms with Crippen molar-refractivity contribution in [2.75, 3.05) is 20.2 Å². The first-order valence-electron chi connectivity index (χ1n) is 12.3. The SMILES string of the molecule is COC(=O)N1CCC=C(c2ncnc3c2CN(Cc2ccccc2)[C@H](C)C3)C1.O=C(O)C(F)(F)F.O=C(O)C(F)(F)F. The van der Waals surface area contributed by atoms with Crippen molar-refractivity contribution in [3.05, 3.63) is 65.2 Å². The molecule has 2 N–H and O–H groups in total. The minimum Gasteiger partial charge on any atom is -0.475 e. The van der Waals surface area contributed by atoms with Crippen LogP contribution in [-0.4, -0.2) is 86.6 Å². The quantitative estimate of drug-likeness (QED) is 0.483. The molecule has 16 heteroatoms. The molecule has 0 aliphatic carbocycles. The Morgan fingerprint density at radius 1 is 0.976 bits per heavy atom. The Balaban J connectivity index is 0.000000367. The van der Waals surface area contributed by atoms with E-state index in [0.29, 0.717) is 19.1 Å². The Labute approximate surface area is 236 Å². The number of hydrogen-bond donors (Lipinski definition) is 2. The molecule has 1 aromatic carbocycles. The average Bonchev–Trinajstić information content (AvgIpc) is 2.93. The zero-order valence-corrected chi connectivity index (χ0v) is 22.4. The summed E-state index contributed by atoms with van der Waals surface area (Å²) in [5, 5.41) is 14.2. The van der Waals surface area contributed by atoms with Crippen molar-refractivity contribution in [2.45, 2.75) is 51.2 Å². The van der Waals surface area contributed by atoms with Crippen LogP contribution in [-0.2, 0) is 33.8 Å². The fourth-order valence-electron chi connectivity index (χ4n) is 4.07. The number of amides is 1. The molecule has 0 radical (unpaired) electrons. The third kappa shape index (κ3) is 10.0. The number of nitrogens with zero attached hydrogens (tertiary/aromatic N) is 4. The van der Waals surface area contributed by atoms with Crippen LogP contribution >= 0.6 is 0 Å². The highest BCUT2D eigenvalue weighted by Crippen LogP contribution is 2.30. The van der Waals surface area contributed by atoms with Gasteiger partial charge >= 0.3 is 30.4 Å². The summed E-state index contributed by atoms with van der Waals surface area (Å²) in [6.45, 7) is 5.19. The molecule has 2 aliphatic rings. The fraction of sp³-hybridized carbons (Fsp3) is 0.423. The van der Waals surface area contributed by atoms with Gasteiger partial charge in [0.05, 0.1) is 25.0 Å². The molecule has 1 atom stereocenters. The van der Waals surface area contributed by atoms with Gasteiger partial charge in [0.25, 0.3) is 0 Å². The van der Waals surface area contributed by atoms with E-state index in [4.69, 9.17) is 24.5 Å². The molecule has 42 heavy (non-hydrogen) atoms. The third-order valence-corrected chi connectivity index (χ3v) is 6.11. The summed E-state index contributed by atoms with van der Waals surface area (Å²) >= 11 is 0.